The number of nitrogens with one attached hydrogen (secondary N) is 1. The summed E-state index contributed by atoms with van der Waals surface area (Å²) in [6.07, 6.45) is 0.980. The van der Waals surface area contributed by atoms with Gasteiger partial charge in [0.15, 0.2) is 5.82 Å². The molecule has 6 heteroatoms. The van der Waals surface area contributed by atoms with Crippen molar-refractivity contribution in [3.63, 3.8) is 0 Å². The maximum absolute atomic E-state index is 5.53. The predicted molar refractivity (Wildman–Crippen MR) is 119 cm³/mol. The van der Waals surface area contributed by atoms with Crippen LogP contribution in [0, 0.1) is 0 Å². The number of methoxy groups -OCH3 is 2. The first-order valence-electron chi connectivity index (χ1n) is 9.52. The molecule has 0 radical (unpaired) electrons. The third kappa shape index (κ3) is 4.03. The van der Waals surface area contributed by atoms with E-state index in [1.807, 2.05) is 48.5 Å². The average Bonchev–Trinajstić information content (AvgIpc) is 3.21. The Bertz CT molecular complexity index is 1130. The molecule has 0 spiro atoms. The van der Waals surface area contributed by atoms with Crippen molar-refractivity contribution in [2.75, 3.05) is 19.5 Å². The Morgan fingerprint density at radius 3 is 2.52 bits per heavy atom. The highest BCUT2D eigenvalue weighted by Gasteiger charge is 2.13. The number of rotatable bonds is 7. The first-order chi connectivity index (χ1) is 14.2. The van der Waals surface area contributed by atoms with Gasteiger partial charge in [-0.05, 0) is 24.6 Å². The van der Waals surface area contributed by atoms with Crippen LogP contribution in [-0.2, 0) is 13.0 Å². The molecule has 0 atom stereocenters. The van der Waals surface area contributed by atoms with Crippen LogP contribution in [0.4, 0.5) is 5.82 Å². The van der Waals surface area contributed by atoms with E-state index in [0.29, 0.717) is 6.54 Å². The lowest BCUT2D eigenvalue weighted by atomic mass is 10.2. The number of hydrogen-bond donors (Lipinski definition) is 1. The maximum Gasteiger partial charge on any atom is 0.163 e. The molecule has 2 aromatic carbocycles. The molecule has 0 saturated heterocycles. The maximum atomic E-state index is 5.53. The van der Waals surface area contributed by atoms with E-state index in [4.69, 9.17) is 19.4 Å². The molecule has 29 heavy (non-hydrogen) atoms. The summed E-state index contributed by atoms with van der Waals surface area (Å²) >= 11 is 1.72. The van der Waals surface area contributed by atoms with Crippen molar-refractivity contribution < 1.29 is 9.47 Å². The lowest BCUT2D eigenvalue weighted by molar-refractivity contribution is 0.391. The zero-order valence-corrected chi connectivity index (χ0v) is 17.5. The smallest absolute Gasteiger partial charge is 0.163 e. The minimum Gasteiger partial charge on any atom is -0.497 e. The monoisotopic (exact) mass is 405 g/mol. The van der Waals surface area contributed by atoms with Gasteiger partial charge in [-0.15, -0.1) is 11.3 Å². The Balaban J connectivity index is 1.71. The van der Waals surface area contributed by atoms with Crippen molar-refractivity contribution >= 4 is 27.4 Å². The van der Waals surface area contributed by atoms with Gasteiger partial charge in [0, 0.05) is 28.6 Å². The largest absolute Gasteiger partial charge is 0.497 e. The van der Waals surface area contributed by atoms with Gasteiger partial charge in [0.1, 0.15) is 22.1 Å². The molecule has 148 valence electrons. The van der Waals surface area contributed by atoms with E-state index in [2.05, 4.69) is 18.3 Å². The van der Waals surface area contributed by atoms with E-state index >= 15 is 0 Å². The van der Waals surface area contributed by atoms with E-state index < -0.39 is 0 Å². The number of ether oxygens (including phenoxy) is 2. The summed E-state index contributed by atoms with van der Waals surface area (Å²) in [6, 6.07) is 18.1. The van der Waals surface area contributed by atoms with Gasteiger partial charge in [-0.25, -0.2) is 9.97 Å². The van der Waals surface area contributed by atoms with Crippen LogP contribution >= 0.6 is 11.3 Å². The second kappa shape index (κ2) is 8.49. The summed E-state index contributed by atoms with van der Waals surface area (Å²) in [5.74, 6) is 3.12. The number of anilines is 1. The number of benzene rings is 2. The summed E-state index contributed by atoms with van der Waals surface area (Å²) in [6.45, 7) is 2.75. The highest BCUT2D eigenvalue weighted by Crippen LogP contribution is 2.32. The summed E-state index contributed by atoms with van der Waals surface area (Å²) < 4.78 is 10.8. The molecular formula is C23H23N3O2S. The van der Waals surface area contributed by atoms with Gasteiger partial charge in [0.05, 0.1) is 19.6 Å². The Hall–Kier alpha value is -3.12. The van der Waals surface area contributed by atoms with Gasteiger partial charge in [-0.3, -0.25) is 0 Å². The van der Waals surface area contributed by atoms with Gasteiger partial charge < -0.3 is 14.8 Å². The van der Waals surface area contributed by atoms with E-state index in [-0.39, 0.29) is 0 Å². The summed E-state index contributed by atoms with van der Waals surface area (Å²) in [5, 5.41) is 4.55. The zero-order valence-electron chi connectivity index (χ0n) is 16.7. The van der Waals surface area contributed by atoms with Crippen LogP contribution in [0.1, 0.15) is 17.4 Å². The van der Waals surface area contributed by atoms with E-state index in [1.165, 1.54) is 4.88 Å². The number of aryl methyl sites for hydroxylation is 1. The normalized spacial score (nSPS) is 10.9. The number of hydrogen-bond acceptors (Lipinski definition) is 6. The van der Waals surface area contributed by atoms with Gasteiger partial charge in [0.2, 0.25) is 0 Å². The molecule has 2 heterocycles. The molecule has 0 aliphatic heterocycles. The Kier molecular flexibility index (Phi) is 5.62. The van der Waals surface area contributed by atoms with Gasteiger partial charge in [-0.1, -0.05) is 37.3 Å². The number of thiophene rings is 1. The molecule has 0 aliphatic rings. The summed E-state index contributed by atoms with van der Waals surface area (Å²) in [4.78, 5) is 12.0. The molecular weight excluding hydrogens is 382 g/mol. The Morgan fingerprint density at radius 1 is 0.966 bits per heavy atom. The molecule has 4 aromatic rings. The molecule has 4 rings (SSSR count). The second-order valence-corrected chi connectivity index (χ2v) is 7.69. The van der Waals surface area contributed by atoms with E-state index in [1.54, 1.807) is 25.6 Å². The van der Waals surface area contributed by atoms with E-state index in [0.717, 1.165) is 50.9 Å². The fraction of sp³-hybridized carbons (Fsp3) is 0.217. The van der Waals surface area contributed by atoms with Crippen molar-refractivity contribution in [3.8, 4) is 22.9 Å². The lowest BCUT2D eigenvalue weighted by Gasteiger charge is -2.13. The van der Waals surface area contributed by atoms with Crippen LogP contribution in [0.5, 0.6) is 11.5 Å². The quantitative estimate of drug-likeness (QED) is 0.437. The van der Waals surface area contributed by atoms with Crippen molar-refractivity contribution in [1.82, 2.24) is 9.97 Å². The highest BCUT2D eigenvalue weighted by molar-refractivity contribution is 7.18. The van der Waals surface area contributed by atoms with Crippen molar-refractivity contribution in [2.24, 2.45) is 0 Å². The fourth-order valence-corrected chi connectivity index (χ4v) is 4.14. The van der Waals surface area contributed by atoms with E-state index in [9.17, 15) is 0 Å². The van der Waals surface area contributed by atoms with Crippen LogP contribution in [0.15, 0.2) is 54.6 Å². The topological polar surface area (TPSA) is 56.3 Å². The Labute approximate surface area is 174 Å². The first kappa shape index (κ1) is 19.2. The molecule has 0 fully saturated rings. The standard InChI is InChI=1S/C23H23N3O2S/c1-4-18-13-19-22(24-14-16-10-11-17(27-2)12-20(16)28-3)25-21(26-23(19)29-18)15-8-6-5-7-9-15/h5-13H,4,14H2,1-3H3,(H,24,25,26). The van der Waals surface area contributed by atoms with Crippen LogP contribution in [0.3, 0.4) is 0 Å². The fourth-order valence-electron chi connectivity index (χ4n) is 3.17. The van der Waals surface area contributed by atoms with Crippen LogP contribution < -0.4 is 14.8 Å². The van der Waals surface area contributed by atoms with Crippen molar-refractivity contribution in [2.45, 2.75) is 19.9 Å². The zero-order chi connectivity index (χ0) is 20.2. The molecule has 0 amide bonds. The van der Waals surface area contributed by atoms with Gasteiger partial charge in [0.25, 0.3) is 0 Å². The minimum atomic E-state index is 0.588. The molecule has 0 aliphatic carbocycles. The van der Waals surface area contributed by atoms with Gasteiger partial charge >= 0.3 is 0 Å². The van der Waals surface area contributed by atoms with Gasteiger partial charge in [-0.2, -0.15) is 0 Å². The molecule has 0 saturated carbocycles. The average molecular weight is 406 g/mol. The molecule has 2 aromatic heterocycles. The first-order valence-corrected chi connectivity index (χ1v) is 10.3. The third-order valence-corrected chi connectivity index (χ3v) is 5.94. The Morgan fingerprint density at radius 2 is 1.79 bits per heavy atom. The summed E-state index contributed by atoms with van der Waals surface area (Å²) in [7, 11) is 3.32. The molecule has 0 unspecified atom stereocenters. The predicted octanol–water partition coefficient (Wildman–Crippen LogP) is 5.55. The number of aromatic nitrogens is 2. The highest BCUT2D eigenvalue weighted by atomic mass is 32.1. The van der Waals surface area contributed by atoms with Crippen LogP contribution in [0.25, 0.3) is 21.6 Å². The molecule has 0 bridgehead atoms. The SMILES string of the molecule is CCc1cc2c(NCc3ccc(OC)cc3OC)nc(-c3ccccc3)nc2s1. The number of fused-ring (bicyclic) bond motifs is 1. The van der Waals surface area contributed by atoms with Crippen molar-refractivity contribution in [3.05, 3.63) is 65.0 Å². The minimum absolute atomic E-state index is 0.588. The second-order valence-electron chi connectivity index (χ2n) is 6.58. The molecule has 1 N–H and O–H groups in total. The van der Waals surface area contributed by atoms with Crippen molar-refractivity contribution in [1.29, 1.82) is 0 Å². The van der Waals surface area contributed by atoms with Crippen LogP contribution in [-0.4, -0.2) is 24.2 Å². The lowest BCUT2D eigenvalue weighted by Crippen LogP contribution is -2.05. The summed E-state index contributed by atoms with van der Waals surface area (Å²) in [5.41, 5.74) is 2.04. The van der Waals surface area contributed by atoms with Crippen LogP contribution in [0.2, 0.25) is 0 Å². The third-order valence-electron chi connectivity index (χ3n) is 4.76. The number of nitrogens with zero attached hydrogens (tertiary/aromatic N) is 2. The molecule has 5 nitrogen and oxygen atoms in total.